The molecule has 4 heterocycles. The third kappa shape index (κ3) is 3.65. The lowest BCUT2D eigenvalue weighted by atomic mass is 10.0. The van der Waals surface area contributed by atoms with Gasteiger partial charge in [-0.05, 0) is 52.9 Å². The van der Waals surface area contributed by atoms with Gasteiger partial charge in [-0.3, -0.25) is 4.57 Å². The van der Waals surface area contributed by atoms with Gasteiger partial charge in [0.1, 0.15) is 5.82 Å². The third-order valence-electron chi connectivity index (χ3n) is 11.0. The third-order valence-corrected chi connectivity index (χ3v) is 11.0. The van der Waals surface area contributed by atoms with Gasteiger partial charge in [0.05, 0.1) is 33.1 Å². The molecular weight excluding hydrogens is 633 g/mol. The van der Waals surface area contributed by atoms with Gasteiger partial charge in [0.2, 0.25) is 0 Å². The zero-order valence-corrected chi connectivity index (χ0v) is 28.0. The van der Waals surface area contributed by atoms with Gasteiger partial charge in [-0.25, -0.2) is 9.97 Å². The van der Waals surface area contributed by atoms with Crippen LogP contribution >= 0.6 is 0 Å². The lowest BCUT2D eigenvalue weighted by molar-refractivity contribution is 1.08. The Bertz CT molecular complexity index is 3410. The molecule has 0 aliphatic carbocycles. The van der Waals surface area contributed by atoms with Gasteiger partial charge in [0.15, 0.2) is 5.82 Å². The highest BCUT2D eigenvalue weighted by atomic mass is 15.1. The molecule has 0 radical (unpaired) electrons. The van der Waals surface area contributed by atoms with Gasteiger partial charge in [0, 0.05) is 48.7 Å². The average molecular weight is 661 g/mol. The summed E-state index contributed by atoms with van der Waals surface area (Å²) in [6.07, 6.45) is 0. The number of hydrogen-bond donors (Lipinski definition) is 0. The van der Waals surface area contributed by atoms with Gasteiger partial charge < -0.3 is 4.40 Å². The van der Waals surface area contributed by atoms with E-state index in [2.05, 4.69) is 179 Å². The minimum atomic E-state index is 0.703. The van der Waals surface area contributed by atoms with Crippen molar-refractivity contribution in [3.63, 3.8) is 0 Å². The van der Waals surface area contributed by atoms with E-state index in [1.165, 1.54) is 65.2 Å². The molecule has 52 heavy (non-hydrogen) atoms. The van der Waals surface area contributed by atoms with Crippen LogP contribution in [0.15, 0.2) is 170 Å². The molecule has 0 atom stereocenters. The van der Waals surface area contributed by atoms with Crippen LogP contribution in [-0.4, -0.2) is 18.9 Å². The molecule has 8 aromatic carbocycles. The molecule has 0 fully saturated rings. The number of fused-ring (bicyclic) bond motifs is 13. The number of para-hydroxylation sites is 3. The summed E-state index contributed by atoms with van der Waals surface area (Å²) in [7, 11) is 0. The molecule has 4 aromatic heterocycles. The van der Waals surface area contributed by atoms with Crippen molar-refractivity contribution in [3.05, 3.63) is 170 Å². The van der Waals surface area contributed by atoms with Crippen LogP contribution in [0.25, 0.3) is 110 Å². The van der Waals surface area contributed by atoms with Crippen LogP contribution in [0.5, 0.6) is 0 Å². The SMILES string of the molecule is c1ccc(-c2cccc(-c3nc(-n4c5cc6c7ccccc7n7c8ccccc8c(c5c5ccc8ccccc8c54)c67)c4ccccc4n3)c2)cc1. The van der Waals surface area contributed by atoms with Gasteiger partial charge in [-0.15, -0.1) is 0 Å². The second kappa shape index (κ2) is 10.3. The van der Waals surface area contributed by atoms with E-state index in [0.29, 0.717) is 5.82 Å². The van der Waals surface area contributed by atoms with Gasteiger partial charge in [0.25, 0.3) is 0 Å². The van der Waals surface area contributed by atoms with E-state index in [4.69, 9.17) is 9.97 Å². The molecule has 4 heteroatoms. The molecule has 0 amide bonds. The second-order valence-corrected chi connectivity index (χ2v) is 13.8. The Balaban J connectivity index is 1.29. The standard InChI is InChI=1S/C48H28N4/c1-2-13-29(14-3-1)31-16-12-17-32(27-31)47-49-39-22-9-6-20-35(39)48(50-47)52-42-28-38-34-19-7-10-23-40(34)51-41-24-11-8-21-36(41)44(46(38)51)43(42)37-26-25-30-15-4-5-18-33(30)45(37)52/h1-28H. The van der Waals surface area contributed by atoms with Crippen molar-refractivity contribution in [2.75, 3.05) is 0 Å². The normalized spacial score (nSPS) is 12.2. The Labute approximate surface area is 297 Å². The molecule has 0 spiro atoms. The largest absolute Gasteiger partial charge is 0.308 e. The van der Waals surface area contributed by atoms with Gasteiger partial charge in [-0.2, -0.15) is 0 Å². The van der Waals surface area contributed by atoms with E-state index in [1.54, 1.807) is 0 Å². The average Bonchev–Trinajstić information content (AvgIpc) is 3.85. The maximum atomic E-state index is 5.54. The Morgan fingerprint density at radius 1 is 0.365 bits per heavy atom. The molecule has 240 valence electrons. The van der Waals surface area contributed by atoms with Crippen molar-refractivity contribution in [1.82, 2.24) is 18.9 Å². The first kappa shape index (κ1) is 27.7. The summed E-state index contributed by atoms with van der Waals surface area (Å²) in [4.78, 5) is 10.7. The first-order valence-corrected chi connectivity index (χ1v) is 17.8. The summed E-state index contributed by atoms with van der Waals surface area (Å²) in [5.74, 6) is 1.58. The molecule has 12 rings (SSSR count). The number of benzene rings is 8. The monoisotopic (exact) mass is 660 g/mol. The predicted molar refractivity (Wildman–Crippen MR) is 217 cm³/mol. The van der Waals surface area contributed by atoms with Gasteiger partial charge in [-0.1, -0.05) is 133 Å². The highest BCUT2D eigenvalue weighted by Gasteiger charge is 2.26. The maximum Gasteiger partial charge on any atom is 0.162 e. The Hall–Kier alpha value is -7.04. The fourth-order valence-corrected chi connectivity index (χ4v) is 8.82. The molecular formula is C48H28N4. The summed E-state index contributed by atoms with van der Waals surface area (Å²) in [6.45, 7) is 0. The number of hydrogen-bond acceptors (Lipinski definition) is 2. The molecule has 0 bridgehead atoms. The molecule has 0 aliphatic heterocycles. The van der Waals surface area contributed by atoms with Crippen LogP contribution < -0.4 is 0 Å². The first-order valence-electron chi connectivity index (χ1n) is 17.8. The van der Waals surface area contributed by atoms with E-state index in [-0.39, 0.29) is 0 Å². The predicted octanol–water partition coefficient (Wildman–Crippen LogP) is 12.4. The summed E-state index contributed by atoms with van der Waals surface area (Å²) >= 11 is 0. The lowest BCUT2D eigenvalue weighted by Crippen LogP contribution is -2.03. The van der Waals surface area contributed by atoms with Crippen molar-refractivity contribution >= 4 is 81.6 Å². The van der Waals surface area contributed by atoms with E-state index < -0.39 is 0 Å². The molecule has 0 saturated heterocycles. The minimum absolute atomic E-state index is 0.703. The van der Waals surface area contributed by atoms with Crippen LogP contribution in [0.1, 0.15) is 0 Å². The Morgan fingerprint density at radius 3 is 1.90 bits per heavy atom. The van der Waals surface area contributed by atoms with E-state index >= 15 is 0 Å². The van der Waals surface area contributed by atoms with Crippen LogP contribution in [0.2, 0.25) is 0 Å². The fourth-order valence-electron chi connectivity index (χ4n) is 8.82. The summed E-state index contributed by atoms with van der Waals surface area (Å²) < 4.78 is 4.90. The summed E-state index contributed by atoms with van der Waals surface area (Å²) in [5.41, 5.74) is 10.2. The van der Waals surface area contributed by atoms with Crippen LogP contribution in [-0.2, 0) is 0 Å². The molecule has 0 unspecified atom stereocenters. The van der Waals surface area contributed by atoms with Crippen molar-refractivity contribution < 1.29 is 0 Å². The van der Waals surface area contributed by atoms with E-state index in [9.17, 15) is 0 Å². The number of nitrogens with zero attached hydrogens (tertiary/aromatic N) is 4. The van der Waals surface area contributed by atoms with Gasteiger partial charge >= 0.3 is 0 Å². The second-order valence-electron chi connectivity index (χ2n) is 13.8. The number of rotatable bonds is 3. The summed E-state index contributed by atoms with van der Waals surface area (Å²) in [5, 5.41) is 10.9. The molecule has 0 saturated carbocycles. The van der Waals surface area contributed by atoms with Crippen LogP contribution in [0.3, 0.4) is 0 Å². The molecule has 12 aromatic rings. The fraction of sp³-hybridized carbons (Fsp3) is 0. The van der Waals surface area contributed by atoms with Crippen molar-refractivity contribution in [1.29, 1.82) is 0 Å². The molecule has 0 N–H and O–H groups in total. The Kier molecular flexibility index (Phi) is 5.47. The zero-order chi connectivity index (χ0) is 33.9. The van der Waals surface area contributed by atoms with E-state index in [1.807, 2.05) is 0 Å². The summed E-state index contributed by atoms with van der Waals surface area (Å²) in [6, 6.07) is 61.0. The quantitative estimate of drug-likeness (QED) is 0.189. The maximum absolute atomic E-state index is 5.54. The minimum Gasteiger partial charge on any atom is -0.308 e. The van der Waals surface area contributed by atoms with Crippen LogP contribution in [0.4, 0.5) is 0 Å². The van der Waals surface area contributed by atoms with Crippen molar-refractivity contribution in [3.8, 4) is 28.3 Å². The Morgan fingerprint density at radius 2 is 1.04 bits per heavy atom. The topological polar surface area (TPSA) is 35.1 Å². The number of aromatic nitrogens is 4. The smallest absolute Gasteiger partial charge is 0.162 e. The lowest BCUT2D eigenvalue weighted by Gasteiger charge is -2.14. The molecule has 4 nitrogen and oxygen atoms in total. The molecule has 0 aliphatic rings. The van der Waals surface area contributed by atoms with E-state index in [0.717, 1.165) is 38.9 Å². The highest BCUT2D eigenvalue weighted by molar-refractivity contribution is 6.37. The van der Waals surface area contributed by atoms with Crippen LogP contribution in [0, 0.1) is 0 Å². The first-order chi connectivity index (χ1) is 25.8. The van der Waals surface area contributed by atoms with Crippen molar-refractivity contribution in [2.45, 2.75) is 0 Å². The van der Waals surface area contributed by atoms with Crippen molar-refractivity contribution in [2.24, 2.45) is 0 Å². The zero-order valence-electron chi connectivity index (χ0n) is 28.0. The highest BCUT2D eigenvalue weighted by Crippen LogP contribution is 2.48.